The quantitative estimate of drug-likeness (QED) is 0.179. The van der Waals surface area contributed by atoms with Crippen LogP contribution in [0.2, 0.25) is 0 Å². The molecule has 7 heteroatoms. The van der Waals surface area contributed by atoms with Crippen LogP contribution in [0.1, 0.15) is 96.8 Å². The van der Waals surface area contributed by atoms with Crippen LogP contribution in [0, 0.1) is 0 Å². The smallest absolute Gasteiger partial charge is 0.550 e. The third-order valence-corrected chi connectivity index (χ3v) is 4.73. The second-order valence-corrected chi connectivity index (χ2v) is 7.38. The second kappa shape index (κ2) is 30.5. The molecule has 0 aliphatic carbocycles. The van der Waals surface area contributed by atoms with Gasteiger partial charge < -0.3 is 25.2 Å². The van der Waals surface area contributed by atoms with Crippen LogP contribution >= 0.6 is 0 Å². The maximum atomic E-state index is 10.2. The molecule has 0 rings (SSSR count). The molecular weight excluding hydrogens is 381 g/mol. The topological polar surface area (TPSA) is 104 Å². The maximum Gasteiger partial charge on any atom is 1.00 e. The van der Waals surface area contributed by atoms with E-state index in [1.165, 1.54) is 70.6 Å². The number of carbonyl (C=O) groups excluding carboxylic acids is 1. The van der Waals surface area contributed by atoms with Gasteiger partial charge >= 0.3 is 29.6 Å². The van der Waals surface area contributed by atoms with Gasteiger partial charge in [0.1, 0.15) is 0 Å². The van der Waals surface area contributed by atoms with Crippen molar-refractivity contribution < 1.29 is 54.8 Å². The zero-order valence-electron chi connectivity index (χ0n) is 19.2. The van der Waals surface area contributed by atoms with Crippen molar-refractivity contribution in [3.05, 3.63) is 0 Å². The molecule has 0 aromatic heterocycles. The van der Waals surface area contributed by atoms with Crippen LogP contribution in [-0.2, 0) is 4.79 Å². The number of nitrogens with zero attached hydrogens (tertiary/aromatic N) is 1. The Hall–Kier alpha value is 0.310. The summed E-state index contributed by atoms with van der Waals surface area (Å²) in [6.07, 6.45) is 16.9. The largest absolute Gasteiger partial charge is 1.00 e. The van der Waals surface area contributed by atoms with Gasteiger partial charge in [-0.25, -0.2) is 0 Å². The summed E-state index contributed by atoms with van der Waals surface area (Å²) in [5, 5.41) is 35.6. The molecule has 0 aromatic rings. The van der Waals surface area contributed by atoms with Crippen LogP contribution in [0.15, 0.2) is 0 Å². The van der Waals surface area contributed by atoms with Crippen LogP contribution in [0.3, 0.4) is 0 Å². The van der Waals surface area contributed by atoms with E-state index in [0.717, 1.165) is 12.8 Å². The molecule has 0 aliphatic heterocycles. The van der Waals surface area contributed by atoms with Gasteiger partial charge in [0.15, 0.2) is 0 Å². The molecular formula is C22H46NNaO5. The minimum Gasteiger partial charge on any atom is -0.550 e. The Kier molecular flexibility index (Phi) is 35.7. The van der Waals surface area contributed by atoms with E-state index in [1.54, 1.807) is 4.90 Å². The first kappa shape index (κ1) is 33.9. The fourth-order valence-electron chi connectivity index (χ4n) is 3.05. The number of rotatable bonds is 20. The Labute approximate surface area is 201 Å². The van der Waals surface area contributed by atoms with Crippen LogP contribution in [0.25, 0.3) is 0 Å². The Bertz CT molecular complexity index is 295. The first-order valence-electron chi connectivity index (χ1n) is 11.4. The van der Waals surface area contributed by atoms with E-state index < -0.39 is 5.97 Å². The predicted octanol–water partition coefficient (Wildman–Crippen LogP) is -0.513. The third-order valence-electron chi connectivity index (χ3n) is 4.73. The predicted molar refractivity (Wildman–Crippen MR) is 113 cm³/mol. The molecule has 29 heavy (non-hydrogen) atoms. The summed E-state index contributed by atoms with van der Waals surface area (Å²) >= 11 is 0. The van der Waals surface area contributed by atoms with Crippen molar-refractivity contribution >= 4 is 5.97 Å². The Morgan fingerprint density at radius 3 is 1.24 bits per heavy atom. The number of hydrogen-bond donors (Lipinski definition) is 3. The number of carboxylic acids is 1. The number of aliphatic hydroxyl groups excluding tert-OH is 3. The molecule has 0 heterocycles. The number of carboxylic acid groups (broad SMARTS) is 1. The molecule has 0 spiro atoms. The van der Waals surface area contributed by atoms with Crippen LogP contribution < -0.4 is 34.7 Å². The van der Waals surface area contributed by atoms with E-state index in [4.69, 9.17) is 15.3 Å². The van der Waals surface area contributed by atoms with E-state index in [2.05, 4.69) is 6.92 Å². The summed E-state index contributed by atoms with van der Waals surface area (Å²) < 4.78 is 0. The van der Waals surface area contributed by atoms with Crippen molar-refractivity contribution in [3.63, 3.8) is 0 Å². The summed E-state index contributed by atoms with van der Waals surface area (Å²) in [6, 6.07) is 0. The first-order valence-corrected chi connectivity index (χ1v) is 11.4. The van der Waals surface area contributed by atoms with Crippen molar-refractivity contribution in [1.82, 2.24) is 4.90 Å². The van der Waals surface area contributed by atoms with Crippen molar-refractivity contribution in [2.45, 2.75) is 96.8 Å². The van der Waals surface area contributed by atoms with Gasteiger partial charge in [-0.05, 0) is 12.8 Å². The summed E-state index contributed by atoms with van der Waals surface area (Å²) in [5.74, 6) is -0.905. The summed E-state index contributed by atoms with van der Waals surface area (Å²) in [4.78, 5) is 12.0. The second-order valence-electron chi connectivity index (χ2n) is 7.38. The van der Waals surface area contributed by atoms with Crippen molar-refractivity contribution in [1.29, 1.82) is 0 Å². The zero-order valence-corrected chi connectivity index (χ0v) is 21.2. The molecule has 0 bridgehead atoms. The van der Waals surface area contributed by atoms with E-state index in [0.29, 0.717) is 19.6 Å². The van der Waals surface area contributed by atoms with Crippen molar-refractivity contribution in [2.24, 2.45) is 0 Å². The summed E-state index contributed by atoms with van der Waals surface area (Å²) in [6.45, 7) is 4.01. The number of carbonyl (C=O) groups is 1. The number of aliphatic hydroxyl groups is 3. The minimum absolute atomic E-state index is 0. The van der Waals surface area contributed by atoms with Crippen molar-refractivity contribution in [2.75, 3.05) is 39.5 Å². The molecule has 0 fully saturated rings. The SMILES string of the molecule is CCCCCCCCCCCCCCCC(=O)[O-].OCCN(CCO)CCO.[Na+]. The van der Waals surface area contributed by atoms with Gasteiger partial charge in [0, 0.05) is 25.6 Å². The fourth-order valence-corrected chi connectivity index (χ4v) is 3.05. The molecule has 0 aliphatic rings. The molecule has 0 saturated carbocycles. The van der Waals surface area contributed by atoms with Gasteiger partial charge in [-0.3, -0.25) is 4.90 Å². The number of aliphatic carboxylic acids is 1. The number of hydrogen-bond acceptors (Lipinski definition) is 6. The van der Waals surface area contributed by atoms with Gasteiger partial charge in [0.25, 0.3) is 0 Å². The minimum atomic E-state index is -0.905. The summed E-state index contributed by atoms with van der Waals surface area (Å²) in [5.41, 5.74) is 0. The number of unbranched alkanes of at least 4 members (excludes halogenated alkanes) is 12. The van der Waals surface area contributed by atoms with Gasteiger partial charge in [0.05, 0.1) is 19.8 Å². The van der Waals surface area contributed by atoms with Crippen LogP contribution in [0.4, 0.5) is 0 Å². The average Bonchev–Trinajstić information content (AvgIpc) is 2.66. The van der Waals surface area contributed by atoms with Gasteiger partial charge in [-0.15, -0.1) is 0 Å². The molecule has 0 aromatic carbocycles. The zero-order chi connectivity index (χ0) is 21.3. The normalized spacial score (nSPS) is 10.4. The Morgan fingerprint density at radius 1 is 0.655 bits per heavy atom. The summed E-state index contributed by atoms with van der Waals surface area (Å²) in [7, 11) is 0. The molecule has 0 saturated heterocycles. The standard InChI is InChI=1S/C16H32O2.C6H15NO3.Na/c1-2-3-4-5-6-7-8-9-10-11-12-13-14-15-16(17)18;8-4-1-7(2-5-9)3-6-10;/h2-15H2,1H3,(H,17,18);8-10H,1-6H2;/q;;+1/p-1. The van der Waals surface area contributed by atoms with E-state index >= 15 is 0 Å². The molecule has 3 N–H and O–H groups in total. The average molecular weight is 428 g/mol. The molecule has 0 atom stereocenters. The van der Waals surface area contributed by atoms with E-state index in [-0.39, 0.29) is 55.8 Å². The van der Waals surface area contributed by atoms with Gasteiger partial charge in [0.2, 0.25) is 0 Å². The molecule has 0 amide bonds. The molecule has 170 valence electrons. The van der Waals surface area contributed by atoms with E-state index in [9.17, 15) is 9.90 Å². The van der Waals surface area contributed by atoms with Crippen LogP contribution in [0.5, 0.6) is 0 Å². The fraction of sp³-hybridized carbons (Fsp3) is 0.955. The molecule has 0 unspecified atom stereocenters. The van der Waals surface area contributed by atoms with E-state index in [1.807, 2.05) is 0 Å². The molecule has 0 radical (unpaired) electrons. The molecule has 6 nitrogen and oxygen atoms in total. The van der Waals surface area contributed by atoms with Crippen LogP contribution in [-0.4, -0.2) is 65.6 Å². The van der Waals surface area contributed by atoms with Gasteiger partial charge in [-0.2, -0.15) is 0 Å². The van der Waals surface area contributed by atoms with Gasteiger partial charge in [-0.1, -0.05) is 84.0 Å². The Morgan fingerprint density at radius 2 is 0.966 bits per heavy atom. The van der Waals surface area contributed by atoms with Crippen molar-refractivity contribution in [3.8, 4) is 0 Å². The third kappa shape index (κ3) is 33.2. The Balaban J connectivity index is -0.000000525. The monoisotopic (exact) mass is 427 g/mol. The first-order chi connectivity index (χ1) is 13.6. The maximum absolute atomic E-state index is 10.2.